The third-order valence-electron chi connectivity index (χ3n) is 9.63. The lowest BCUT2D eigenvalue weighted by Crippen LogP contribution is -2.63. The standard InChI is InChI=1S/C34H46ClN3O10/c1-18-11-10-12-26(45-9)34(43)17-25(46-32(42)36-34)19(2)30-33(5,48-30)27(47-31(41)20(3)37(6)21(4)39)16-28(40)38(7)23-14-22(13-18)15-24(44-8)29(23)35/h10-12,14-15,19-20,25-27,30,43H,13,16-17H2,1-9H3,(H,36,42)/b12-10+,18-11+/t19?,20-,25?,26?,27?,30?,33?,34?/m0/s1. The Morgan fingerprint density at radius 1 is 1.25 bits per heavy atom. The van der Waals surface area contributed by atoms with E-state index in [0.29, 0.717) is 17.9 Å². The van der Waals surface area contributed by atoms with Gasteiger partial charge < -0.3 is 38.6 Å². The summed E-state index contributed by atoms with van der Waals surface area (Å²) in [5.41, 5.74) is -0.871. The number of fused-ring (bicyclic) bond motifs is 5. The topological polar surface area (TPSA) is 156 Å². The monoisotopic (exact) mass is 691 g/mol. The molecule has 2 N–H and O–H groups in total. The van der Waals surface area contributed by atoms with Gasteiger partial charge in [-0.15, -0.1) is 0 Å². The molecule has 264 valence electrons. The van der Waals surface area contributed by atoms with Gasteiger partial charge in [0.25, 0.3) is 0 Å². The van der Waals surface area contributed by atoms with Crippen LogP contribution in [0.4, 0.5) is 10.5 Å². The number of rotatable bonds is 5. The molecule has 4 bridgehead atoms. The first-order valence-corrected chi connectivity index (χ1v) is 16.2. The van der Waals surface area contributed by atoms with Crippen molar-refractivity contribution in [3.8, 4) is 5.75 Å². The van der Waals surface area contributed by atoms with Crippen molar-refractivity contribution in [1.82, 2.24) is 10.2 Å². The van der Waals surface area contributed by atoms with Crippen LogP contribution in [-0.4, -0.2) is 104 Å². The molecule has 0 aromatic heterocycles. The second-order valence-electron chi connectivity index (χ2n) is 13.0. The van der Waals surface area contributed by atoms with Gasteiger partial charge in [0.2, 0.25) is 11.8 Å². The third-order valence-corrected chi connectivity index (χ3v) is 10.0. The van der Waals surface area contributed by atoms with Gasteiger partial charge in [0, 0.05) is 40.5 Å². The van der Waals surface area contributed by atoms with Gasteiger partial charge in [-0.1, -0.05) is 42.3 Å². The number of amides is 3. The fourth-order valence-electron chi connectivity index (χ4n) is 6.27. The van der Waals surface area contributed by atoms with Crippen molar-refractivity contribution in [3.05, 3.63) is 46.5 Å². The van der Waals surface area contributed by atoms with Crippen LogP contribution in [0.1, 0.15) is 53.0 Å². The number of aliphatic hydroxyl groups is 1. The predicted octanol–water partition coefficient (Wildman–Crippen LogP) is 3.53. The van der Waals surface area contributed by atoms with E-state index in [4.69, 9.17) is 35.3 Å². The molecule has 1 aromatic rings. The van der Waals surface area contributed by atoms with E-state index in [0.717, 1.165) is 11.1 Å². The normalized spacial score (nSPS) is 33.2. The molecule has 3 heterocycles. The Balaban J connectivity index is 1.80. The number of halogens is 1. The van der Waals surface area contributed by atoms with Crippen LogP contribution >= 0.6 is 11.6 Å². The molecule has 3 amide bonds. The number of hydrogen-bond acceptors (Lipinski definition) is 10. The Labute approximate surface area is 286 Å². The van der Waals surface area contributed by atoms with Crippen LogP contribution in [0.5, 0.6) is 5.75 Å². The molecule has 7 unspecified atom stereocenters. The minimum absolute atomic E-state index is 0.0436. The van der Waals surface area contributed by atoms with Gasteiger partial charge in [-0.3, -0.25) is 14.9 Å². The molecule has 2 fully saturated rings. The van der Waals surface area contributed by atoms with Crippen LogP contribution in [0.3, 0.4) is 0 Å². The Kier molecular flexibility index (Phi) is 11.2. The number of esters is 1. The summed E-state index contributed by atoms with van der Waals surface area (Å²) in [4.78, 5) is 54.7. The number of benzene rings is 1. The quantitative estimate of drug-likeness (QED) is 0.346. The fourth-order valence-corrected chi connectivity index (χ4v) is 6.59. The van der Waals surface area contributed by atoms with Gasteiger partial charge in [0.1, 0.15) is 40.7 Å². The SMILES string of the molecule is COc1cc2cc(c1Cl)N(C)C(=O)CC(OC(=O)[C@H](C)N(C)C(C)=O)C1(C)OC1C(C)C1CC(O)(NC(=O)O1)C(OC)/C=C/C=C(\C)C2. The Morgan fingerprint density at radius 3 is 2.56 bits per heavy atom. The first kappa shape index (κ1) is 37.2. The maximum Gasteiger partial charge on any atom is 0.409 e. The van der Waals surface area contributed by atoms with Crippen LogP contribution in [0.25, 0.3) is 0 Å². The van der Waals surface area contributed by atoms with Crippen molar-refractivity contribution >= 4 is 41.2 Å². The highest BCUT2D eigenvalue weighted by molar-refractivity contribution is 6.35. The Hall–Kier alpha value is -3.65. The second-order valence-corrected chi connectivity index (χ2v) is 13.4. The second kappa shape index (κ2) is 14.5. The number of methoxy groups -OCH3 is 2. The molecule has 0 radical (unpaired) electrons. The minimum Gasteiger partial charge on any atom is -0.495 e. The number of allylic oxidation sites excluding steroid dienone is 3. The molecule has 3 aliphatic heterocycles. The molecule has 13 nitrogen and oxygen atoms in total. The summed E-state index contributed by atoms with van der Waals surface area (Å²) in [7, 11) is 5.97. The van der Waals surface area contributed by atoms with Gasteiger partial charge in [-0.25, -0.2) is 9.59 Å². The molecule has 0 saturated carbocycles. The van der Waals surface area contributed by atoms with Crippen LogP contribution in [0.15, 0.2) is 35.9 Å². The average Bonchev–Trinajstić information content (AvgIpc) is 3.73. The van der Waals surface area contributed by atoms with E-state index < -0.39 is 65.7 Å². The van der Waals surface area contributed by atoms with Gasteiger partial charge in [0.05, 0.1) is 25.3 Å². The molecule has 0 spiro atoms. The summed E-state index contributed by atoms with van der Waals surface area (Å²) < 4.78 is 28.9. The fraction of sp³-hybridized carbons (Fsp3) is 0.588. The number of nitrogens with zero attached hydrogens (tertiary/aromatic N) is 2. The average molecular weight is 692 g/mol. The van der Waals surface area contributed by atoms with Gasteiger partial charge >= 0.3 is 12.1 Å². The molecule has 4 rings (SSSR count). The zero-order valence-electron chi connectivity index (χ0n) is 28.9. The van der Waals surface area contributed by atoms with E-state index in [9.17, 15) is 24.3 Å². The van der Waals surface area contributed by atoms with E-state index in [1.807, 2.05) is 13.0 Å². The van der Waals surface area contributed by atoms with Crippen molar-refractivity contribution in [3.63, 3.8) is 0 Å². The summed E-state index contributed by atoms with van der Waals surface area (Å²) >= 11 is 6.71. The lowest BCUT2D eigenvalue weighted by atomic mass is 9.83. The largest absolute Gasteiger partial charge is 0.495 e. The summed E-state index contributed by atoms with van der Waals surface area (Å²) in [6.07, 6.45) is 1.02. The van der Waals surface area contributed by atoms with Crippen LogP contribution in [-0.2, 0) is 39.8 Å². The van der Waals surface area contributed by atoms with Crippen LogP contribution < -0.4 is 15.0 Å². The highest BCUT2D eigenvalue weighted by Gasteiger charge is 2.64. The maximum atomic E-state index is 14.0. The lowest BCUT2D eigenvalue weighted by molar-refractivity contribution is -0.161. The van der Waals surface area contributed by atoms with Crippen molar-refractivity contribution < 1.29 is 48.0 Å². The molecule has 48 heavy (non-hydrogen) atoms. The third kappa shape index (κ3) is 7.64. The first-order chi connectivity index (χ1) is 22.4. The number of ether oxygens (including phenoxy) is 5. The summed E-state index contributed by atoms with van der Waals surface area (Å²) in [6, 6.07) is 2.63. The molecule has 8 atom stereocenters. The molecular weight excluding hydrogens is 646 g/mol. The predicted molar refractivity (Wildman–Crippen MR) is 177 cm³/mol. The number of hydrogen-bond donors (Lipinski definition) is 2. The number of nitrogens with one attached hydrogen (secondary N) is 1. The number of carbonyl (C=O) groups is 4. The van der Waals surface area contributed by atoms with Gasteiger partial charge in [-0.05, 0) is 44.9 Å². The number of epoxide rings is 1. The molecule has 14 heteroatoms. The zero-order valence-corrected chi connectivity index (χ0v) is 29.6. The molecule has 0 aliphatic carbocycles. The minimum atomic E-state index is -1.81. The van der Waals surface area contributed by atoms with E-state index >= 15 is 0 Å². The van der Waals surface area contributed by atoms with Crippen molar-refractivity contribution in [2.75, 3.05) is 33.2 Å². The molecule has 1 aromatic carbocycles. The smallest absolute Gasteiger partial charge is 0.409 e. The van der Waals surface area contributed by atoms with E-state index in [1.165, 1.54) is 44.9 Å². The maximum absolute atomic E-state index is 14.0. The van der Waals surface area contributed by atoms with Gasteiger partial charge in [-0.2, -0.15) is 0 Å². The number of carbonyl (C=O) groups excluding carboxylic acids is 4. The van der Waals surface area contributed by atoms with Crippen LogP contribution in [0, 0.1) is 5.92 Å². The molecular formula is C34H46ClN3O10. The number of alkyl carbamates (subject to hydrolysis) is 1. The Bertz CT molecular complexity index is 1500. The number of likely N-dealkylation sites (N-methyl/N-ethyl adjacent to an activating group) is 1. The zero-order chi connectivity index (χ0) is 35.7. The van der Waals surface area contributed by atoms with E-state index in [2.05, 4.69) is 5.32 Å². The first-order valence-electron chi connectivity index (χ1n) is 15.8. The summed E-state index contributed by atoms with van der Waals surface area (Å²) in [5, 5.41) is 14.4. The Morgan fingerprint density at radius 2 is 1.94 bits per heavy atom. The lowest BCUT2D eigenvalue weighted by Gasteiger charge is -2.42. The highest BCUT2D eigenvalue weighted by Crippen LogP contribution is 2.49. The van der Waals surface area contributed by atoms with Crippen molar-refractivity contribution in [2.45, 2.75) is 95.7 Å². The van der Waals surface area contributed by atoms with Crippen molar-refractivity contribution in [2.24, 2.45) is 5.92 Å². The van der Waals surface area contributed by atoms with E-state index in [1.54, 1.807) is 45.2 Å². The number of anilines is 1. The van der Waals surface area contributed by atoms with E-state index in [-0.39, 0.29) is 23.8 Å². The van der Waals surface area contributed by atoms with Gasteiger partial charge in [0.15, 0.2) is 5.72 Å². The van der Waals surface area contributed by atoms with Crippen LogP contribution in [0.2, 0.25) is 5.02 Å². The summed E-state index contributed by atoms with van der Waals surface area (Å²) in [6.45, 7) is 8.29. The highest BCUT2D eigenvalue weighted by atomic mass is 35.5. The van der Waals surface area contributed by atoms with Crippen molar-refractivity contribution in [1.29, 1.82) is 0 Å². The summed E-state index contributed by atoms with van der Waals surface area (Å²) in [5.74, 6) is -1.63. The molecule has 3 aliphatic rings. The molecule has 2 saturated heterocycles.